The molecule has 0 radical (unpaired) electrons. The molecule has 0 spiro atoms. The number of carboxylic acids is 1. The zero-order chi connectivity index (χ0) is 46.3. The van der Waals surface area contributed by atoms with Gasteiger partial charge in [0, 0.05) is 19.3 Å². The lowest BCUT2D eigenvalue weighted by Crippen LogP contribution is -2.55. The summed E-state index contributed by atoms with van der Waals surface area (Å²) in [4.78, 5) is 37.0. The Bertz CT molecular complexity index is 1530. The van der Waals surface area contributed by atoms with E-state index in [1.54, 1.807) is 21.1 Å². The summed E-state index contributed by atoms with van der Waals surface area (Å²) < 4.78 is 17.1. The fraction of sp³-hybridized carbons (Fsp3) is 0.509. The Morgan fingerprint density at radius 3 is 1.43 bits per heavy atom. The van der Waals surface area contributed by atoms with Crippen molar-refractivity contribution in [2.45, 2.75) is 142 Å². The molecule has 0 aliphatic heterocycles. The number of hydrogen-bond donors (Lipinski definition) is 0. The van der Waals surface area contributed by atoms with Crippen molar-refractivity contribution in [3.05, 3.63) is 146 Å². The molecule has 8 heteroatoms. The zero-order valence-corrected chi connectivity index (χ0v) is 39.7. The van der Waals surface area contributed by atoms with E-state index in [2.05, 4.69) is 86.8 Å². The van der Waals surface area contributed by atoms with E-state index in [9.17, 15) is 19.5 Å². The number of hydrogen-bond acceptors (Lipinski definition) is 7. The summed E-state index contributed by atoms with van der Waals surface area (Å²) in [6.45, 7) is 4.29. The number of nitrogens with zero attached hydrogens (tertiary/aromatic N) is 1. The van der Waals surface area contributed by atoms with Gasteiger partial charge >= 0.3 is 11.9 Å². The van der Waals surface area contributed by atoms with E-state index in [1.807, 2.05) is 72.9 Å². The van der Waals surface area contributed by atoms with Crippen LogP contribution in [0, 0.1) is 0 Å². The molecule has 2 atom stereocenters. The number of ether oxygens (including phenoxy) is 3. The van der Waals surface area contributed by atoms with Crippen LogP contribution in [0.25, 0.3) is 0 Å². The van der Waals surface area contributed by atoms with Gasteiger partial charge in [0.15, 0.2) is 6.10 Å². The number of carbonyl (C=O) groups is 3. The molecule has 0 rings (SSSR count). The normalized spacial score (nSPS) is 14.2. The van der Waals surface area contributed by atoms with Gasteiger partial charge in [-0.25, -0.2) is 0 Å². The molecule has 0 aromatic rings. The molecule has 2 unspecified atom stereocenters. The van der Waals surface area contributed by atoms with Crippen molar-refractivity contribution >= 4 is 17.9 Å². The van der Waals surface area contributed by atoms with Crippen LogP contribution in [0.5, 0.6) is 0 Å². The van der Waals surface area contributed by atoms with Crippen LogP contribution in [0.1, 0.15) is 129 Å². The molecule has 0 aliphatic carbocycles. The van der Waals surface area contributed by atoms with E-state index in [0.717, 1.165) is 83.5 Å². The summed E-state index contributed by atoms with van der Waals surface area (Å²) in [7, 11) is 5.36. The quantitative estimate of drug-likeness (QED) is 0.0199. The first kappa shape index (κ1) is 58.2. The van der Waals surface area contributed by atoms with Crippen LogP contribution in [-0.2, 0) is 28.6 Å². The molecule has 8 nitrogen and oxygen atoms in total. The van der Waals surface area contributed by atoms with Crippen molar-refractivity contribution in [2.24, 2.45) is 0 Å². The van der Waals surface area contributed by atoms with Gasteiger partial charge in [-0.3, -0.25) is 9.59 Å². The van der Waals surface area contributed by atoms with E-state index in [1.165, 1.54) is 0 Å². The van der Waals surface area contributed by atoms with Gasteiger partial charge < -0.3 is 28.6 Å². The number of carboxylic acid groups (broad SMARTS) is 1. The van der Waals surface area contributed by atoms with Crippen molar-refractivity contribution in [1.82, 2.24) is 0 Å². The van der Waals surface area contributed by atoms with E-state index in [4.69, 9.17) is 14.2 Å². The first-order chi connectivity index (χ1) is 30.6. The van der Waals surface area contributed by atoms with Gasteiger partial charge in [0.2, 0.25) is 0 Å². The molecular formula is C55H83NO7. The number of esters is 2. The fourth-order valence-corrected chi connectivity index (χ4v) is 5.84. The SMILES string of the molecule is CC/C=C/C=C/C=C/C=C/C=C/C=C/C=C/CCCCCC(=O)OCC(COCCC(C(=O)[O-])[N+](C)(C)C)OC(=O)CCCCCC/C=C/C/C=C/C/C=C/C/C=C/C/C=C/CC. The smallest absolute Gasteiger partial charge is 0.306 e. The summed E-state index contributed by atoms with van der Waals surface area (Å²) in [6, 6.07) is -0.749. The average Bonchev–Trinajstić information content (AvgIpc) is 3.24. The predicted molar refractivity (Wildman–Crippen MR) is 263 cm³/mol. The highest BCUT2D eigenvalue weighted by atomic mass is 16.6. The van der Waals surface area contributed by atoms with E-state index in [0.29, 0.717) is 12.8 Å². The summed E-state index contributed by atoms with van der Waals surface area (Å²) >= 11 is 0. The lowest BCUT2D eigenvalue weighted by Gasteiger charge is -2.34. The fourth-order valence-electron chi connectivity index (χ4n) is 5.84. The highest BCUT2D eigenvalue weighted by Gasteiger charge is 2.25. The molecule has 0 aliphatic rings. The highest BCUT2D eigenvalue weighted by Crippen LogP contribution is 2.11. The number of quaternary nitrogens is 1. The van der Waals surface area contributed by atoms with Gasteiger partial charge in [0.05, 0.1) is 40.3 Å². The second-order valence-electron chi connectivity index (χ2n) is 16.1. The molecule has 0 N–H and O–H groups in total. The Morgan fingerprint density at radius 2 is 0.921 bits per heavy atom. The molecule has 0 aromatic carbocycles. The number of aliphatic carboxylic acids is 1. The van der Waals surface area contributed by atoms with E-state index in [-0.39, 0.29) is 55.5 Å². The molecule has 0 fully saturated rings. The molecule has 0 heterocycles. The minimum atomic E-state index is -1.14. The third kappa shape index (κ3) is 42.3. The Morgan fingerprint density at radius 1 is 0.492 bits per heavy atom. The van der Waals surface area contributed by atoms with Crippen LogP contribution in [0.15, 0.2) is 146 Å². The molecule has 0 amide bonds. The lowest BCUT2D eigenvalue weighted by molar-refractivity contribution is -0.889. The first-order valence-electron chi connectivity index (χ1n) is 23.5. The third-order valence-electron chi connectivity index (χ3n) is 9.42. The number of likely N-dealkylation sites (N-methyl/N-ethyl adjacent to an activating group) is 1. The highest BCUT2D eigenvalue weighted by molar-refractivity contribution is 5.70. The number of carbonyl (C=O) groups excluding carboxylic acids is 3. The van der Waals surface area contributed by atoms with Crippen molar-refractivity contribution in [3.8, 4) is 0 Å². The first-order valence-corrected chi connectivity index (χ1v) is 23.5. The molecule has 0 saturated carbocycles. The molecule has 0 aromatic heterocycles. The molecular weight excluding hydrogens is 787 g/mol. The largest absolute Gasteiger partial charge is 0.544 e. The molecule has 350 valence electrons. The maximum absolute atomic E-state index is 12.8. The van der Waals surface area contributed by atoms with Gasteiger partial charge in [-0.1, -0.05) is 179 Å². The molecule has 0 saturated heterocycles. The summed E-state index contributed by atoms with van der Waals surface area (Å²) in [5.41, 5.74) is 0. The third-order valence-corrected chi connectivity index (χ3v) is 9.42. The zero-order valence-electron chi connectivity index (χ0n) is 39.7. The van der Waals surface area contributed by atoms with Crippen LogP contribution in [0.2, 0.25) is 0 Å². The van der Waals surface area contributed by atoms with Gasteiger partial charge in [-0.05, 0) is 77.0 Å². The average molecular weight is 870 g/mol. The number of unbranched alkanes of at least 4 members (excludes halogenated alkanes) is 7. The van der Waals surface area contributed by atoms with E-state index < -0.39 is 18.1 Å². The van der Waals surface area contributed by atoms with Crippen LogP contribution in [0.4, 0.5) is 0 Å². The standard InChI is InChI=1S/C55H83NO7/c1-6-8-10-12-14-16-18-20-22-24-26-28-30-32-34-36-38-40-42-44-46-54(58)63-51(49-61-48-47-52(55(59)60)56(3,4)5)50-62-53(57)45-43-41-39-37-35-33-31-29-27-25-23-21-19-17-15-13-11-9-7-2/h8-11,13-17,19-23,25-29,31-35,51-52H,6-7,12,18,24,30,36-50H2,1-5H3/b10-8+,11-9+,15-13+,16-14+,19-17+,22-20+,23-21+,27-25+,28-26+,31-29+,34-32+,35-33+. The topological polar surface area (TPSA) is 102 Å². The van der Waals surface area contributed by atoms with Gasteiger partial charge in [-0.2, -0.15) is 0 Å². The minimum Gasteiger partial charge on any atom is -0.544 e. The van der Waals surface area contributed by atoms with Crippen molar-refractivity contribution in [2.75, 3.05) is 41.0 Å². The van der Waals surface area contributed by atoms with Crippen LogP contribution >= 0.6 is 0 Å². The van der Waals surface area contributed by atoms with Crippen LogP contribution < -0.4 is 5.11 Å². The van der Waals surface area contributed by atoms with Crippen LogP contribution in [0.3, 0.4) is 0 Å². The minimum absolute atomic E-state index is 0.00301. The molecule has 0 bridgehead atoms. The Labute approximate surface area is 383 Å². The Hall–Kier alpha value is -4.79. The summed E-state index contributed by atoms with van der Waals surface area (Å²) in [5.74, 6) is -1.85. The van der Waals surface area contributed by atoms with Gasteiger partial charge in [0.1, 0.15) is 12.6 Å². The number of rotatable bonds is 39. The number of allylic oxidation sites excluding steroid dienone is 24. The second-order valence-corrected chi connectivity index (χ2v) is 16.1. The molecule has 63 heavy (non-hydrogen) atoms. The van der Waals surface area contributed by atoms with Crippen molar-refractivity contribution in [1.29, 1.82) is 0 Å². The van der Waals surface area contributed by atoms with E-state index >= 15 is 0 Å². The van der Waals surface area contributed by atoms with Gasteiger partial charge in [-0.15, -0.1) is 0 Å². The van der Waals surface area contributed by atoms with Crippen molar-refractivity contribution in [3.63, 3.8) is 0 Å². The Balaban J connectivity index is 4.51. The van der Waals surface area contributed by atoms with Gasteiger partial charge in [0.25, 0.3) is 0 Å². The maximum atomic E-state index is 12.8. The summed E-state index contributed by atoms with van der Waals surface area (Å²) in [6.07, 6.45) is 64.4. The predicted octanol–water partition coefficient (Wildman–Crippen LogP) is 12.0. The van der Waals surface area contributed by atoms with Crippen LogP contribution in [-0.4, -0.2) is 75.5 Å². The lowest BCUT2D eigenvalue weighted by atomic mass is 10.1. The monoisotopic (exact) mass is 870 g/mol. The summed E-state index contributed by atoms with van der Waals surface area (Å²) in [5, 5.41) is 11.7. The maximum Gasteiger partial charge on any atom is 0.306 e. The Kier molecular flexibility index (Phi) is 40.5. The van der Waals surface area contributed by atoms with Crippen molar-refractivity contribution < 1.29 is 38.2 Å². The second kappa shape index (κ2) is 43.8.